The van der Waals surface area contributed by atoms with E-state index in [2.05, 4.69) is 25.2 Å². The standard InChI is InChI=1S/C16H21N5OS/c1-3-15-17-8-13(9-18-15)16(22)21-6-4-20(5-7-21)10-14-11-23-12(2)19-14/h8-9,11H,3-7,10H2,1-2H3. The molecule has 1 saturated heterocycles. The van der Waals surface area contributed by atoms with Gasteiger partial charge in [-0.05, 0) is 6.92 Å². The van der Waals surface area contributed by atoms with Gasteiger partial charge in [-0.15, -0.1) is 11.3 Å². The first-order chi connectivity index (χ1) is 11.2. The van der Waals surface area contributed by atoms with Crippen LogP contribution in [-0.2, 0) is 13.0 Å². The summed E-state index contributed by atoms with van der Waals surface area (Å²) in [7, 11) is 0. The average molecular weight is 331 g/mol. The summed E-state index contributed by atoms with van der Waals surface area (Å²) in [5.41, 5.74) is 1.70. The fourth-order valence-corrected chi connectivity index (χ4v) is 3.25. The van der Waals surface area contributed by atoms with E-state index in [1.165, 1.54) is 0 Å². The second kappa shape index (κ2) is 7.14. The van der Waals surface area contributed by atoms with Crippen molar-refractivity contribution in [3.8, 4) is 0 Å². The normalized spacial score (nSPS) is 15.8. The van der Waals surface area contributed by atoms with E-state index in [1.807, 2.05) is 18.7 Å². The lowest BCUT2D eigenvalue weighted by molar-refractivity contribution is 0.0626. The van der Waals surface area contributed by atoms with Gasteiger partial charge in [-0.2, -0.15) is 0 Å². The molecular weight excluding hydrogens is 310 g/mol. The number of carbonyl (C=O) groups excluding carboxylic acids is 1. The van der Waals surface area contributed by atoms with Crippen molar-refractivity contribution in [2.45, 2.75) is 26.8 Å². The number of thiazole rings is 1. The molecule has 1 aliphatic heterocycles. The van der Waals surface area contributed by atoms with Gasteiger partial charge in [-0.25, -0.2) is 15.0 Å². The van der Waals surface area contributed by atoms with Gasteiger partial charge in [0.1, 0.15) is 5.82 Å². The quantitative estimate of drug-likeness (QED) is 0.854. The Bertz CT molecular complexity index is 661. The zero-order valence-electron chi connectivity index (χ0n) is 13.5. The SMILES string of the molecule is CCc1ncc(C(=O)N2CCN(Cc3csc(C)n3)CC2)cn1. The molecule has 6 nitrogen and oxygen atoms in total. The summed E-state index contributed by atoms with van der Waals surface area (Å²) in [5.74, 6) is 0.793. The van der Waals surface area contributed by atoms with E-state index < -0.39 is 0 Å². The van der Waals surface area contributed by atoms with E-state index in [9.17, 15) is 4.79 Å². The highest BCUT2D eigenvalue weighted by Gasteiger charge is 2.23. The number of piperazine rings is 1. The first kappa shape index (κ1) is 16.0. The van der Waals surface area contributed by atoms with Crippen molar-refractivity contribution in [2.75, 3.05) is 26.2 Å². The average Bonchev–Trinajstić information content (AvgIpc) is 3.00. The molecule has 0 unspecified atom stereocenters. The summed E-state index contributed by atoms with van der Waals surface area (Å²) < 4.78 is 0. The van der Waals surface area contributed by atoms with Crippen molar-refractivity contribution in [2.24, 2.45) is 0 Å². The monoisotopic (exact) mass is 331 g/mol. The predicted molar refractivity (Wildman–Crippen MR) is 89.4 cm³/mol. The summed E-state index contributed by atoms with van der Waals surface area (Å²) in [6.45, 7) is 8.10. The van der Waals surface area contributed by atoms with E-state index in [-0.39, 0.29) is 5.91 Å². The molecule has 122 valence electrons. The van der Waals surface area contributed by atoms with Crippen LogP contribution in [0.2, 0.25) is 0 Å². The van der Waals surface area contributed by atoms with Crippen LogP contribution in [0.15, 0.2) is 17.8 Å². The van der Waals surface area contributed by atoms with Crippen LogP contribution in [0.3, 0.4) is 0 Å². The number of hydrogen-bond acceptors (Lipinski definition) is 6. The number of aryl methyl sites for hydroxylation is 2. The molecule has 0 aromatic carbocycles. The second-order valence-electron chi connectivity index (χ2n) is 5.67. The minimum absolute atomic E-state index is 0.0248. The topological polar surface area (TPSA) is 62.2 Å². The molecule has 0 spiro atoms. The fourth-order valence-electron chi connectivity index (χ4n) is 2.65. The Hall–Kier alpha value is -1.86. The molecule has 0 saturated carbocycles. The number of rotatable bonds is 4. The molecule has 2 aromatic rings. The molecule has 0 aliphatic carbocycles. The molecular formula is C16H21N5OS. The number of nitrogens with zero attached hydrogens (tertiary/aromatic N) is 5. The molecule has 1 amide bonds. The van der Waals surface area contributed by atoms with Crippen molar-refractivity contribution in [1.29, 1.82) is 0 Å². The van der Waals surface area contributed by atoms with Crippen molar-refractivity contribution in [3.63, 3.8) is 0 Å². The van der Waals surface area contributed by atoms with Crippen molar-refractivity contribution in [1.82, 2.24) is 24.8 Å². The van der Waals surface area contributed by atoms with Crippen LogP contribution in [0, 0.1) is 6.92 Å². The summed E-state index contributed by atoms with van der Waals surface area (Å²) in [6, 6.07) is 0. The zero-order chi connectivity index (χ0) is 16.2. The highest BCUT2D eigenvalue weighted by Crippen LogP contribution is 2.13. The fraction of sp³-hybridized carbons (Fsp3) is 0.500. The first-order valence-corrected chi connectivity index (χ1v) is 8.77. The lowest BCUT2D eigenvalue weighted by Gasteiger charge is -2.34. The van der Waals surface area contributed by atoms with Gasteiger partial charge in [-0.3, -0.25) is 9.69 Å². The Morgan fingerprint density at radius 1 is 1.22 bits per heavy atom. The summed E-state index contributed by atoms with van der Waals surface area (Å²) >= 11 is 1.68. The molecule has 23 heavy (non-hydrogen) atoms. The molecule has 0 N–H and O–H groups in total. The largest absolute Gasteiger partial charge is 0.336 e. The molecule has 0 bridgehead atoms. The molecule has 0 atom stereocenters. The highest BCUT2D eigenvalue weighted by atomic mass is 32.1. The number of hydrogen-bond donors (Lipinski definition) is 0. The molecule has 7 heteroatoms. The maximum atomic E-state index is 12.5. The van der Waals surface area contributed by atoms with Gasteiger partial charge in [0.05, 0.1) is 16.3 Å². The van der Waals surface area contributed by atoms with E-state index >= 15 is 0 Å². The Kier molecular flexibility index (Phi) is 4.97. The Morgan fingerprint density at radius 3 is 2.48 bits per heavy atom. The number of amides is 1. The third kappa shape index (κ3) is 3.92. The predicted octanol–water partition coefficient (Wildman–Crippen LogP) is 1.76. The molecule has 2 aromatic heterocycles. The van der Waals surface area contributed by atoms with Gasteiger partial charge >= 0.3 is 0 Å². The Labute approximate surface area is 140 Å². The van der Waals surface area contributed by atoms with Crippen molar-refractivity contribution < 1.29 is 4.79 Å². The zero-order valence-corrected chi connectivity index (χ0v) is 14.3. The van der Waals surface area contributed by atoms with Gasteiger partial charge in [-0.1, -0.05) is 6.92 Å². The maximum absolute atomic E-state index is 12.5. The van der Waals surface area contributed by atoms with Crippen LogP contribution in [0.4, 0.5) is 0 Å². The van der Waals surface area contributed by atoms with E-state index in [0.717, 1.165) is 55.7 Å². The highest BCUT2D eigenvalue weighted by molar-refractivity contribution is 7.09. The lowest BCUT2D eigenvalue weighted by Crippen LogP contribution is -2.48. The summed E-state index contributed by atoms with van der Waals surface area (Å²) in [4.78, 5) is 29.6. The van der Waals surface area contributed by atoms with Crippen LogP contribution in [0.25, 0.3) is 0 Å². The van der Waals surface area contributed by atoms with Crippen LogP contribution >= 0.6 is 11.3 Å². The molecule has 0 radical (unpaired) electrons. The minimum atomic E-state index is 0.0248. The van der Waals surface area contributed by atoms with Gasteiger partial charge in [0.2, 0.25) is 0 Å². The molecule has 1 aliphatic rings. The van der Waals surface area contributed by atoms with E-state index in [1.54, 1.807) is 23.7 Å². The number of aromatic nitrogens is 3. The van der Waals surface area contributed by atoms with E-state index in [0.29, 0.717) is 5.56 Å². The number of carbonyl (C=O) groups is 1. The molecule has 3 rings (SSSR count). The van der Waals surface area contributed by atoms with E-state index in [4.69, 9.17) is 0 Å². The summed E-state index contributed by atoms with van der Waals surface area (Å²) in [5, 5.41) is 3.21. The molecule has 3 heterocycles. The molecule has 1 fully saturated rings. The third-order valence-electron chi connectivity index (χ3n) is 3.98. The van der Waals surface area contributed by atoms with Gasteiger partial charge in [0.25, 0.3) is 5.91 Å². The van der Waals surface area contributed by atoms with Crippen LogP contribution in [0.1, 0.15) is 33.8 Å². The van der Waals surface area contributed by atoms with Crippen molar-refractivity contribution in [3.05, 3.63) is 39.9 Å². The van der Waals surface area contributed by atoms with Gasteiger partial charge in [0, 0.05) is 56.9 Å². The van der Waals surface area contributed by atoms with Gasteiger partial charge < -0.3 is 4.90 Å². The smallest absolute Gasteiger partial charge is 0.257 e. The van der Waals surface area contributed by atoms with Crippen LogP contribution in [0.5, 0.6) is 0 Å². The van der Waals surface area contributed by atoms with Crippen molar-refractivity contribution >= 4 is 17.2 Å². The summed E-state index contributed by atoms with van der Waals surface area (Å²) in [6.07, 6.45) is 4.06. The van der Waals surface area contributed by atoms with Crippen LogP contribution in [-0.4, -0.2) is 56.8 Å². The minimum Gasteiger partial charge on any atom is -0.336 e. The third-order valence-corrected chi connectivity index (χ3v) is 4.80. The first-order valence-electron chi connectivity index (χ1n) is 7.89. The Balaban J connectivity index is 1.54. The van der Waals surface area contributed by atoms with Gasteiger partial charge in [0.15, 0.2) is 0 Å². The second-order valence-corrected chi connectivity index (χ2v) is 6.73. The van der Waals surface area contributed by atoms with Crippen LogP contribution < -0.4 is 0 Å². The maximum Gasteiger partial charge on any atom is 0.257 e. The Morgan fingerprint density at radius 2 is 1.91 bits per heavy atom. The lowest BCUT2D eigenvalue weighted by atomic mass is 10.2.